The number of rotatable bonds is 16. The van der Waals surface area contributed by atoms with Gasteiger partial charge in [0.2, 0.25) is 11.8 Å². The second-order valence-corrected chi connectivity index (χ2v) is 12.7. The third kappa shape index (κ3) is 9.82. The van der Waals surface area contributed by atoms with Gasteiger partial charge in [-0.05, 0) is 71.5 Å². The first-order valence-corrected chi connectivity index (χ1v) is 16.6. The summed E-state index contributed by atoms with van der Waals surface area (Å²) in [7, 11) is 1.51. The predicted molar refractivity (Wildman–Crippen MR) is 170 cm³/mol. The van der Waals surface area contributed by atoms with Crippen molar-refractivity contribution in [3.63, 3.8) is 0 Å². The zero-order chi connectivity index (χ0) is 30.5. The second kappa shape index (κ2) is 18.0. The van der Waals surface area contributed by atoms with Gasteiger partial charge in [0.05, 0.1) is 29.9 Å². The Balaban J connectivity index is 1.93. The molecule has 1 aromatic carbocycles. The van der Waals surface area contributed by atoms with E-state index < -0.39 is 18.2 Å². The first kappa shape index (κ1) is 34.6. The molecule has 0 bridgehead atoms. The van der Waals surface area contributed by atoms with E-state index in [0.717, 1.165) is 57.8 Å². The molecular weight excluding hydrogens is 651 g/mol. The maximum absolute atomic E-state index is 13.8. The molecule has 236 valence electrons. The Labute approximate surface area is 264 Å². The van der Waals surface area contributed by atoms with Crippen molar-refractivity contribution in [3.8, 4) is 11.5 Å². The van der Waals surface area contributed by atoms with Crippen molar-refractivity contribution < 1.29 is 34.4 Å². The fraction of sp³-hybridized carbons (Fsp3) is 0.688. The van der Waals surface area contributed by atoms with Crippen LogP contribution in [0.2, 0.25) is 0 Å². The number of halogens is 1. The smallest absolute Gasteiger partial charge is 0.247 e. The van der Waals surface area contributed by atoms with Crippen LogP contribution in [0.4, 0.5) is 0 Å². The molecule has 2 aliphatic rings. The number of benzene rings is 1. The Bertz CT molecular complexity index is 1040. The van der Waals surface area contributed by atoms with Gasteiger partial charge in [0, 0.05) is 31.5 Å². The molecule has 1 aromatic rings. The van der Waals surface area contributed by atoms with Crippen LogP contribution in [-0.4, -0.2) is 77.1 Å². The van der Waals surface area contributed by atoms with E-state index in [0.29, 0.717) is 45.1 Å². The van der Waals surface area contributed by atoms with Gasteiger partial charge in [0.15, 0.2) is 11.5 Å². The molecule has 9 nitrogen and oxygen atoms in total. The van der Waals surface area contributed by atoms with Gasteiger partial charge in [0.25, 0.3) is 0 Å². The molecule has 3 rings (SSSR count). The maximum atomic E-state index is 13.8. The highest BCUT2D eigenvalue weighted by molar-refractivity contribution is 14.1. The van der Waals surface area contributed by atoms with Gasteiger partial charge in [-0.3, -0.25) is 9.59 Å². The Morgan fingerprint density at radius 2 is 1.83 bits per heavy atom. The summed E-state index contributed by atoms with van der Waals surface area (Å²) in [5, 5.41) is 33.4. The van der Waals surface area contributed by atoms with Gasteiger partial charge < -0.3 is 35.0 Å². The number of aliphatic hydroxyl groups is 3. The number of methoxy groups -OCH3 is 1. The number of amides is 2. The number of nitrogens with one attached hydrogen (secondary N) is 1. The Morgan fingerprint density at radius 1 is 1.10 bits per heavy atom. The maximum Gasteiger partial charge on any atom is 0.247 e. The summed E-state index contributed by atoms with van der Waals surface area (Å²) in [5.74, 6) is 0.821. The lowest BCUT2D eigenvalue weighted by molar-refractivity contribution is -0.140. The SMILES string of the molecule is CCCCCCCC(=O)N(CC1CCCCC1)C1CC(C(=O)NCCO)=CC(Oc2c(I)cc(CO)cc2OC)C1O. The number of unbranched alkanes of at least 4 members (excludes halogenated alkanes) is 4. The van der Waals surface area contributed by atoms with Crippen LogP contribution in [0.15, 0.2) is 23.8 Å². The van der Waals surface area contributed by atoms with E-state index in [1.165, 1.54) is 13.5 Å². The van der Waals surface area contributed by atoms with E-state index in [1.807, 2.05) is 4.90 Å². The van der Waals surface area contributed by atoms with E-state index in [-0.39, 0.29) is 38.0 Å². The highest BCUT2D eigenvalue weighted by Crippen LogP contribution is 2.37. The molecule has 0 spiro atoms. The van der Waals surface area contributed by atoms with E-state index >= 15 is 0 Å². The minimum absolute atomic E-state index is 0.0105. The predicted octanol–water partition coefficient (Wildman–Crippen LogP) is 4.48. The van der Waals surface area contributed by atoms with Gasteiger partial charge >= 0.3 is 0 Å². The first-order chi connectivity index (χ1) is 20.3. The summed E-state index contributed by atoms with van der Waals surface area (Å²) < 4.78 is 12.6. The van der Waals surface area contributed by atoms with Crippen molar-refractivity contribution >= 4 is 34.4 Å². The summed E-state index contributed by atoms with van der Waals surface area (Å²) in [4.78, 5) is 28.8. The molecule has 1 fully saturated rings. The zero-order valence-corrected chi connectivity index (χ0v) is 27.3. The molecule has 3 atom stereocenters. The molecule has 10 heteroatoms. The molecule has 0 aliphatic heterocycles. The summed E-state index contributed by atoms with van der Waals surface area (Å²) in [6.45, 7) is 2.47. The van der Waals surface area contributed by atoms with Gasteiger partial charge in [0.1, 0.15) is 12.2 Å². The average Bonchev–Trinajstić information content (AvgIpc) is 3.00. The van der Waals surface area contributed by atoms with Crippen molar-refractivity contribution in [1.82, 2.24) is 10.2 Å². The highest BCUT2D eigenvalue weighted by Gasteiger charge is 2.41. The van der Waals surface area contributed by atoms with Crippen LogP contribution in [-0.2, 0) is 16.2 Å². The van der Waals surface area contributed by atoms with Crippen molar-refractivity contribution in [2.24, 2.45) is 5.92 Å². The quantitative estimate of drug-likeness (QED) is 0.148. The van der Waals surface area contributed by atoms with Crippen molar-refractivity contribution in [3.05, 3.63) is 32.9 Å². The summed E-state index contributed by atoms with van der Waals surface area (Å²) >= 11 is 2.10. The van der Waals surface area contributed by atoms with E-state index in [1.54, 1.807) is 18.2 Å². The number of hydrogen-bond acceptors (Lipinski definition) is 7. The molecular formula is C32H49IN2O7. The van der Waals surface area contributed by atoms with Crippen LogP contribution < -0.4 is 14.8 Å². The molecule has 0 heterocycles. The van der Waals surface area contributed by atoms with Crippen molar-refractivity contribution in [2.45, 2.75) is 109 Å². The number of ether oxygens (including phenoxy) is 2. The number of carbonyl (C=O) groups excluding carboxylic acids is 2. The van der Waals surface area contributed by atoms with E-state index in [4.69, 9.17) is 9.47 Å². The largest absolute Gasteiger partial charge is 0.493 e. The van der Waals surface area contributed by atoms with E-state index in [2.05, 4.69) is 34.8 Å². The third-order valence-corrected chi connectivity index (χ3v) is 9.14. The average molecular weight is 701 g/mol. The highest BCUT2D eigenvalue weighted by atomic mass is 127. The first-order valence-electron chi connectivity index (χ1n) is 15.5. The zero-order valence-electron chi connectivity index (χ0n) is 25.2. The summed E-state index contributed by atoms with van der Waals surface area (Å²) in [6, 6.07) is 2.82. The van der Waals surface area contributed by atoms with Crippen LogP contribution in [0.25, 0.3) is 0 Å². The molecule has 1 saturated carbocycles. The minimum atomic E-state index is -1.08. The molecule has 2 amide bonds. The lowest BCUT2D eigenvalue weighted by Crippen LogP contribution is -2.56. The Morgan fingerprint density at radius 3 is 2.50 bits per heavy atom. The lowest BCUT2D eigenvalue weighted by atomic mass is 9.85. The Kier molecular flexibility index (Phi) is 14.9. The normalized spacial score (nSPS) is 21.0. The van der Waals surface area contributed by atoms with Crippen LogP contribution in [0, 0.1) is 9.49 Å². The molecule has 42 heavy (non-hydrogen) atoms. The summed E-state index contributed by atoms with van der Waals surface area (Å²) in [5.41, 5.74) is 1.07. The van der Waals surface area contributed by atoms with Gasteiger partial charge in [-0.2, -0.15) is 0 Å². The monoisotopic (exact) mass is 700 g/mol. The Hall–Kier alpha value is -1.89. The standard InChI is InChI=1S/C32H49IN2O7/c1-3-4-5-6-10-13-29(38)35(20-22-11-8-7-9-12-22)26-18-24(32(40)34-14-15-36)19-27(30(26)39)42-31-25(33)16-23(21-37)17-28(31)41-2/h16-17,19,22,26-27,30,36-37,39H,3-15,18,20-21H2,1-2H3,(H,34,40). The van der Waals surface area contributed by atoms with Crippen molar-refractivity contribution in [1.29, 1.82) is 0 Å². The molecule has 4 N–H and O–H groups in total. The summed E-state index contributed by atoms with van der Waals surface area (Å²) in [6.07, 6.45) is 11.0. The van der Waals surface area contributed by atoms with Crippen molar-refractivity contribution in [2.75, 3.05) is 26.8 Å². The molecule has 2 aliphatic carbocycles. The third-order valence-electron chi connectivity index (χ3n) is 8.33. The second-order valence-electron chi connectivity index (χ2n) is 11.5. The van der Waals surface area contributed by atoms with Gasteiger partial charge in [-0.25, -0.2) is 0 Å². The van der Waals surface area contributed by atoms with Gasteiger partial charge in [-0.15, -0.1) is 0 Å². The number of nitrogens with zero attached hydrogens (tertiary/aromatic N) is 1. The fourth-order valence-electron chi connectivity index (χ4n) is 5.99. The molecule has 0 saturated heterocycles. The number of hydrogen-bond donors (Lipinski definition) is 4. The molecule has 3 unspecified atom stereocenters. The lowest BCUT2D eigenvalue weighted by Gasteiger charge is -2.42. The number of carbonyl (C=O) groups is 2. The van der Waals surface area contributed by atoms with E-state index in [9.17, 15) is 24.9 Å². The fourth-order valence-corrected chi connectivity index (χ4v) is 6.78. The van der Waals surface area contributed by atoms with Crippen LogP contribution in [0.5, 0.6) is 11.5 Å². The molecule has 0 radical (unpaired) electrons. The van der Waals surface area contributed by atoms with Crippen LogP contribution in [0.3, 0.4) is 0 Å². The van der Waals surface area contributed by atoms with Crippen LogP contribution >= 0.6 is 22.6 Å². The topological polar surface area (TPSA) is 129 Å². The van der Waals surface area contributed by atoms with Crippen LogP contribution in [0.1, 0.15) is 89.5 Å². The number of aliphatic hydroxyl groups excluding tert-OH is 3. The van der Waals surface area contributed by atoms with Gasteiger partial charge in [-0.1, -0.05) is 51.9 Å². The molecule has 0 aromatic heterocycles. The minimum Gasteiger partial charge on any atom is -0.493 e.